The van der Waals surface area contributed by atoms with Crippen molar-refractivity contribution >= 4 is 18.1 Å². The van der Waals surface area contributed by atoms with E-state index in [2.05, 4.69) is 49.0 Å². The van der Waals surface area contributed by atoms with E-state index in [1.807, 2.05) is 11.0 Å². The second-order valence-electron chi connectivity index (χ2n) is 5.97. The summed E-state index contributed by atoms with van der Waals surface area (Å²) >= 11 is 0. The van der Waals surface area contributed by atoms with Gasteiger partial charge in [0.25, 0.3) is 0 Å². The minimum atomic E-state index is 0. The van der Waals surface area contributed by atoms with Crippen LogP contribution < -0.4 is 24.0 Å². The highest BCUT2D eigenvalue weighted by Gasteiger charge is 2.40. The predicted molar refractivity (Wildman–Crippen MR) is 67.8 cm³/mol. The standard InChI is InChI=1S/C12H18N5.HI/c1-12(2,3)9-7-10-14-8-17(4)6-5-13-11(17)16(10)15-9;/h7-8H,5-6H2,1-4H3;1H/q+1;/p-1. The van der Waals surface area contributed by atoms with Crippen molar-refractivity contribution in [3.8, 4) is 0 Å². The summed E-state index contributed by atoms with van der Waals surface area (Å²) in [5.74, 6) is 1.89. The highest BCUT2D eigenvalue weighted by Crippen LogP contribution is 2.29. The number of likely N-dealkylation sites (N-methyl/N-ethyl adjacent to an activating group) is 1. The number of hydrogen-bond donors (Lipinski definition) is 0. The van der Waals surface area contributed by atoms with Gasteiger partial charge in [0.05, 0.1) is 19.3 Å². The predicted octanol–water partition coefficient (Wildman–Crippen LogP) is -1.48. The van der Waals surface area contributed by atoms with Gasteiger partial charge in [-0.05, 0) is 0 Å². The lowest BCUT2D eigenvalue weighted by molar-refractivity contribution is -0.712. The molecule has 0 radical (unpaired) electrons. The van der Waals surface area contributed by atoms with E-state index in [0.29, 0.717) is 4.48 Å². The van der Waals surface area contributed by atoms with E-state index < -0.39 is 0 Å². The number of halogens is 1. The highest BCUT2D eigenvalue weighted by atomic mass is 127. The lowest BCUT2D eigenvalue weighted by atomic mass is 9.92. The Bertz CT molecular complexity index is 537. The average Bonchev–Trinajstić information content (AvgIpc) is 2.77. The molecule has 1 unspecified atom stereocenters. The lowest BCUT2D eigenvalue weighted by Gasteiger charge is -2.26. The summed E-state index contributed by atoms with van der Waals surface area (Å²) in [6, 6.07) is 2.06. The number of quaternary nitrogens is 1. The Hall–Kier alpha value is -0.760. The molecular weight excluding hydrogens is 341 g/mol. The molecule has 2 aliphatic heterocycles. The zero-order chi connectivity index (χ0) is 12.3. The van der Waals surface area contributed by atoms with Gasteiger partial charge >= 0.3 is 5.96 Å². The van der Waals surface area contributed by atoms with Crippen molar-refractivity contribution in [1.82, 2.24) is 9.78 Å². The van der Waals surface area contributed by atoms with Gasteiger partial charge in [-0.15, -0.1) is 4.68 Å². The summed E-state index contributed by atoms with van der Waals surface area (Å²) in [5, 5.41) is 4.67. The van der Waals surface area contributed by atoms with E-state index in [4.69, 9.17) is 0 Å². The molecule has 0 bridgehead atoms. The van der Waals surface area contributed by atoms with Crippen LogP contribution in [0.3, 0.4) is 0 Å². The van der Waals surface area contributed by atoms with E-state index >= 15 is 0 Å². The van der Waals surface area contributed by atoms with Gasteiger partial charge in [-0.2, -0.15) is 10.1 Å². The number of aromatic nitrogens is 2. The molecule has 0 aliphatic carbocycles. The summed E-state index contributed by atoms with van der Waals surface area (Å²) in [6.07, 6.45) is 1.97. The molecule has 1 aromatic rings. The molecule has 0 saturated heterocycles. The quantitative estimate of drug-likeness (QED) is 0.412. The number of fused-ring (bicyclic) bond motifs is 3. The molecule has 0 fully saturated rings. The van der Waals surface area contributed by atoms with Crippen LogP contribution in [-0.4, -0.2) is 46.7 Å². The van der Waals surface area contributed by atoms with Gasteiger partial charge < -0.3 is 24.0 Å². The van der Waals surface area contributed by atoms with Crippen molar-refractivity contribution in [3.05, 3.63) is 11.8 Å². The van der Waals surface area contributed by atoms with Crippen molar-refractivity contribution in [2.75, 3.05) is 20.1 Å². The normalized spacial score (nSPS) is 25.2. The van der Waals surface area contributed by atoms with E-state index in [1.54, 1.807) is 0 Å². The van der Waals surface area contributed by atoms with E-state index in [0.717, 1.165) is 30.6 Å². The van der Waals surface area contributed by atoms with Crippen LogP contribution in [0.4, 0.5) is 5.82 Å². The Kier molecular flexibility index (Phi) is 3.13. The molecule has 18 heavy (non-hydrogen) atoms. The Labute approximate surface area is 124 Å². The second-order valence-corrected chi connectivity index (χ2v) is 5.97. The first kappa shape index (κ1) is 13.7. The van der Waals surface area contributed by atoms with Gasteiger partial charge in [0.15, 0.2) is 12.2 Å². The maximum Gasteiger partial charge on any atom is 0.333 e. The zero-order valence-corrected chi connectivity index (χ0v) is 13.3. The first-order chi connectivity index (χ1) is 7.90. The Balaban J connectivity index is 0.00000120. The van der Waals surface area contributed by atoms with Crippen LogP contribution in [0, 0.1) is 0 Å². The molecule has 5 nitrogen and oxygen atoms in total. The Morgan fingerprint density at radius 3 is 2.72 bits per heavy atom. The fourth-order valence-corrected chi connectivity index (χ4v) is 2.18. The van der Waals surface area contributed by atoms with Crippen molar-refractivity contribution in [2.24, 2.45) is 9.98 Å². The van der Waals surface area contributed by atoms with Crippen LogP contribution in [0.2, 0.25) is 0 Å². The maximum absolute atomic E-state index is 4.67. The third-order valence-electron chi connectivity index (χ3n) is 3.37. The summed E-state index contributed by atoms with van der Waals surface area (Å²) < 4.78 is 2.56. The minimum absolute atomic E-state index is 0. The third kappa shape index (κ3) is 1.91. The van der Waals surface area contributed by atoms with Crippen LogP contribution in [-0.2, 0) is 5.41 Å². The molecule has 3 rings (SSSR count). The summed E-state index contributed by atoms with van der Waals surface area (Å²) in [6.45, 7) is 8.31. The molecule has 2 aliphatic rings. The van der Waals surface area contributed by atoms with Crippen molar-refractivity contribution in [2.45, 2.75) is 26.2 Å². The monoisotopic (exact) mass is 359 g/mol. The molecular formula is C12H18IN5. The fraction of sp³-hybridized carbons (Fsp3) is 0.583. The second kappa shape index (κ2) is 4.12. The molecule has 0 N–H and O–H groups in total. The smallest absolute Gasteiger partial charge is 0.333 e. The molecule has 0 spiro atoms. The molecule has 98 valence electrons. The van der Waals surface area contributed by atoms with Crippen LogP contribution in [0.1, 0.15) is 26.5 Å². The van der Waals surface area contributed by atoms with Crippen LogP contribution >= 0.6 is 0 Å². The number of aliphatic imine (C=N–C) groups is 2. The minimum Gasteiger partial charge on any atom is -1.00 e. The third-order valence-corrected chi connectivity index (χ3v) is 3.37. The lowest BCUT2D eigenvalue weighted by Crippen LogP contribution is -3.00. The van der Waals surface area contributed by atoms with Gasteiger partial charge in [-0.1, -0.05) is 20.8 Å². The SMILES string of the molecule is CC(C)(C)c1cc2n(n1)C1=NCC[N+]1(C)C=N2.[I-]. The van der Waals surface area contributed by atoms with E-state index in [9.17, 15) is 0 Å². The Morgan fingerprint density at radius 1 is 1.33 bits per heavy atom. The van der Waals surface area contributed by atoms with Crippen molar-refractivity contribution in [3.63, 3.8) is 0 Å². The molecule has 1 aromatic heterocycles. The van der Waals surface area contributed by atoms with Gasteiger partial charge in [-0.25, -0.2) is 9.48 Å². The first-order valence-electron chi connectivity index (χ1n) is 5.97. The topological polar surface area (TPSA) is 42.5 Å². The zero-order valence-electron chi connectivity index (χ0n) is 11.2. The van der Waals surface area contributed by atoms with Gasteiger partial charge in [0, 0.05) is 11.5 Å². The molecule has 6 heteroatoms. The maximum atomic E-state index is 4.67. The molecule has 0 amide bonds. The van der Waals surface area contributed by atoms with Gasteiger partial charge in [0.1, 0.15) is 6.54 Å². The van der Waals surface area contributed by atoms with Crippen LogP contribution in [0.25, 0.3) is 0 Å². The molecule has 0 aromatic carbocycles. The Morgan fingerprint density at radius 2 is 2.06 bits per heavy atom. The average molecular weight is 359 g/mol. The van der Waals surface area contributed by atoms with Gasteiger partial charge in [0.2, 0.25) is 0 Å². The van der Waals surface area contributed by atoms with E-state index in [1.165, 1.54) is 0 Å². The van der Waals surface area contributed by atoms with Gasteiger partial charge in [-0.3, -0.25) is 0 Å². The summed E-state index contributed by atoms with van der Waals surface area (Å²) in [7, 11) is 2.12. The molecule has 3 heterocycles. The first-order valence-corrected chi connectivity index (χ1v) is 5.97. The van der Waals surface area contributed by atoms with Crippen molar-refractivity contribution < 1.29 is 28.5 Å². The number of rotatable bonds is 0. The molecule has 1 atom stereocenters. The largest absolute Gasteiger partial charge is 1.00 e. The van der Waals surface area contributed by atoms with Crippen LogP contribution in [0.5, 0.6) is 0 Å². The number of hydrogen-bond acceptors (Lipinski definition) is 3. The molecule has 0 saturated carbocycles. The van der Waals surface area contributed by atoms with Crippen molar-refractivity contribution in [1.29, 1.82) is 0 Å². The number of nitrogens with zero attached hydrogens (tertiary/aromatic N) is 5. The van der Waals surface area contributed by atoms with E-state index in [-0.39, 0.29) is 29.4 Å². The summed E-state index contributed by atoms with van der Waals surface area (Å²) in [5.41, 5.74) is 1.11. The highest BCUT2D eigenvalue weighted by molar-refractivity contribution is 5.88. The summed E-state index contributed by atoms with van der Waals surface area (Å²) in [4.78, 5) is 9.07. The fourth-order valence-electron chi connectivity index (χ4n) is 2.18. The van der Waals surface area contributed by atoms with Crippen LogP contribution in [0.15, 0.2) is 16.1 Å².